The van der Waals surface area contributed by atoms with Crippen molar-refractivity contribution in [3.8, 4) is 11.3 Å². The fraction of sp³-hybridized carbons (Fsp3) is 0.273. The Balaban J connectivity index is 1.77. The summed E-state index contributed by atoms with van der Waals surface area (Å²) < 4.78 is 31.3. The molecule has 1 N–H and O–H groups in total. The predicted octanol–water partition coefficient (Wildman–Crippen LogP) is 5.36. The van der Waals surface area contributed by atoms with Crippen molar-refractivity contribution in [3.05, 3.63) is 59.7 Å². The van der Waals surface area contributed by atoms with Crippen LogP contribution in [0.1, 0.15) is 38.2 Å². The second-order valence-electron chi connectivity index (χ2n) is 7.37. The lowest BCUT2D eigenvalue weighted by molar-refractivity contribution is 0.600. The van der Waals surface area contributed by atoms with Crippen LogP contribution in [-0.2, 0) is 6.42 Å². The van der Waals surface area contributed by atoms with Gasteiger partial charge in [0.2, 0.25) is 5.95 Å². The number of benzene rings is 1. The lowest BCUT2D eigenvalue weighted by Crippen LogP contribution is -2.04. The molecule has 0 aliphatic heterocycles. The lowest BCUT2D eigenvalue weighted by atomic mass is 10.1. The van der Waals surface area contributed by atoms with E-state index in [0.717, 1.165) is 18.2 Å². The Hall–Kier alpha value is -3.42. The third-order valence-electron chi connectivity index (χ3n) is 4.93. The highest BCUT2D eigenvalue weighted by Crippen LogP contribution is 2.30. The van der Waals surface area contributed by atoms with Crippen LogP contribution >= 0.6 is 0 Å². The van der Waals surface area contributed by atoms with Crippen LogP contribution < -0.4 is 5.32 Å². The summed E-state index contributed by atoms with van der Waals surface area (Å²) in [6.07, 6.45) is 3.70. The number of nitrogens with one attached hydrogen (secondary N) is 1. The Morgan fingerprint density at radius 3 is 2.50 bits per heavy atom. The van der Waals surface area contributed by atoms with Crippen LogP contribution in [0.2, 0.25) is 0 Å². The topological polar surface area (TPSA) is 68.5 Å². The third kappa shape index (κ3) is 3.60. The highest BCUT2D eigenvalue weighted by Gasteiger charge is 2.18. The summed E-state index contributed by atoms with van der Waals surface area (Å²) in [5.41, 5.74) is 2.29. The van der Waals surface area contributed by atoms with Crippen molar-refractivity contribution >= 4 is 22.8 Å². The molecule has 1 aromatic carbocycles. The quantitative estimate of drug-likeness (QED) is 0.481. The molecule has 154 valence electrons. The Morgan fingerprint density at radius 1 is 1.03 bits per heavy atom. The number of hydrogen-bond donors (Lipinski definition) is 1. The Morgan fingerprint density at radius 2 is 1.83 bits per heavy atom. The van der Waals surface area contributed by atoms with Crippen molar-refractivity contribution < 1.29 is 8.78 Å². The highest BCUT2D eigenvalue weighted by atomic mass is 19.1. The van der Waals surface area contributed by atoms with Gasteiger partial charge in [-0.25, -0.2) is 28.7 Å². The van der Waals surface area contributed by atoms with E-state index in [1.807, 2.05) is 38.3 Å². The van der Waals surface area contributed by atoms with Crippen molar-refractivity contribution in [2.75, 3.05) is 5.32 Å². The van der Waals surface area contributed by atoms with Gasteiger partial charge in [-0.05, 0) is 51.0 Å². The van der Waals surface area contributed by atoms with Crippen LogP contribution in [-0.4, -0.2) is 24.5 Å². The molecule has 0 radical (unpaired) electrons. The van der Waals surface area contributed by atoms with E-state index in [1.165, 1.54) is 6.07 Å². The Kier molecular flexibility index (Phi) is 5.15. The standard InChI is InChI=1S/C22H22F2N6/c1-5-14-6-7-19(25-10-14)28-22-26-11-17(24)20(29-22)15-8-16(23)21-18(9-15)30(12(2)3)13(4)27-21/h6-12H,5H2,1-4H3,(H,25,26,28,29). The number of hydrogen-bond acceptors (Lipinski definition) is 5. The van der Waals surface area contributed by atoms with E-state index in [1.54, 1.807) is 18.3 Å². The molecule has 0 fully saturated rings. The van der Waals surface area contributed by atoms with E-state index < -0.39 is 11.6 Å². The second-order valence-corrected chi connectivity index (χ2v) is 7.37. The molecule has 0 bridgehead atoms. The molecule has 0 saturated carbocycles. The number of pyridine rings is 1. The number of rotatable bonds is 5. The molecule has 0 aliphatic rings. The van der Waals surface area contributed by atoms with Gasteiger partial charge < -0.3 is 9.88 Å². The highest BCUT2D eigenvalue weighted by molar-refractivity contribution is 5.83. The van der Waals surface area contributed by atoms with E-state index >= 15 is 0 Å². The van der Waals surface area contributed by atoms with Crippen LogP contribution in [0.25, 0.3) is 22.3 Å². The number of imidazole rings is 1. The van der Waals surface area contributed by atoms with E-state index in [0.29, 0.717) is 22.7 Å². The summed E-state index contributed by atoms with van der Waals surface area (Å²) in [7, 11) is 0. The van der Waals surface area contributed by atoms with E-state index in [-0.39, 0.29) is 23.2 Å². The van der Waals surface area contributed by atoms with Gasteiger partial charge in [-0.3, -0.25) is 0 Å². The zero-order valence-electron chi connectivity index (χ0n) is 17.2. The van der Waals surface area contributed by atoms with Gasteiger partial charge in [-0.15, -0.1) is 0 Å². The summed E-state index contributed by atoms with van der Waals surface area (Å²) >= 11 is 0. The first-order chi connectivity index (χ1) is 14.4. The molecule has 4 rings (SSSR count). The zero-order valence-corrected chi connectivity index (χ0v) is 17.2. The summed E-state index contributed by atoms with van der Waals surface area (Å²) in [5.74, 6) is 0.260. The van der Waals surface area contributed by atoms with Crippen molar-refractivity contribution in [1.82, 2.24) is 24.5 Å². The first-order valence-corrected chi connectivity index (χ1v) is 9.80. The van der Waals surface area contributed by atoms with Crippen LogP contribution in [0.5, 0.6) is 0 Å². The van der Waals surface area contributed by atoms with Crippen LogP contribution in [0, 0.1) is 18.6 Å². The van der Waals surface area contributed by atoms with E-state index in [4.69, 9.17) is 0 Å². The molecule has 6 nitrogen and oxygen atoms in total. The summed E-state index contributed by atoms with van der Waals surface area (Å²) in [6, 6.07) is 6.79. The maximum atomic E-state index is 14.8. The molecular formula is C22H22F2N6. The SMILES string of the molecule is CCc1ccc(Nc2ncc(F)c(-c3cc(F)c4nc(C)n(C(C)C)c4c3)n2)nc1. The zero-order chi connectivity index (χ0) is 21.4. The maximum Gasteiger partial charge on any atom is 0.229 e. The van der Waals surface area contributed by atoms with Gasteiger partial charge in [0, 0.05) is 17.8 Å². The molecule has 0 spiro atoms. The third-order valence-corrected chi connectivity index (χ3v) is 4.93. The fourth-order valence-electron chi connectivity index (χ4n) is 3.51. The minimum atomic E-state index is -0.638. The molecular weight excluding hydrogens is 386 g/mol. The van der Waals surface area contributed by atoms with Crippen molar-refractivity contribution in [3.63, 3.8) is 0 Å². The van der Waals surface area contributed by atoms with Gasteiger partial charge in [0.25, 0.3) is 0 Å². The second kappa shape index (κ2) is 7.78. The van der Waals surface area contributed by atoms with Crippen molar-refractivity contribution in [1.29, 1.82) is 0 Å². The average Bonchev–Trinajstić information content (AvgIpc) is 3.06. The molecule has 30 heavy (non-hydrogen) atoms. The van der Waals surface area contributed by atoms with Gasteiger partial charge in [-0.2, -0.15) is 0 Å². The van der Waals surface area contributed by atoms with Gasteiger partial charge in [0.1, 0.15) is 22.9 Å². The minimum Gasteiger partial charge on any atom is -0.326 e. The van der Waals surface area contributed by atoms with Crippen molar-refractivity contribution in [2.24, 2.45) is 0 Å². The first kappa shape index (κ1) is 19.9. The molecule has 3 aromatic heterocycles. The number of aryl methyl sites for hydroxylation is 2. The van der Waals surface area contributed by atoms with E-state index in [2.05, 4.69) is 25.3 Å². The van der Waals surface area contributed by atoms with Gasteiger partial charge in [0.05, 0.1) is 11.7 Å². The summed E-state index contributed by atoms with van der Waals surface area (Å²) in [6.45, 7) is 7.84. The Bertz CT molecular complexity index is 1210. The largest absolute Gasteiger partial charge is 0.326 e. The van der Waals surface area contributed by atoms with Crippen LogP contribution in [0.3, 0.4) is 0 Å². The molecule has 4 aromatic rings. The molecule has 0 amide bonds. The normalized spacial score (nSPS) is 11.4. The smallest absolute Gasteiger partial charge is 0.229 e. The van der Waals surface area contributed by atoms with Gasteiger partial charge in [0.15, 0.2) is 11.6 Å². The number of anilines is 2. The number of aromatic nitrogens is 5. The summed E-state index contributed by atoms with van der Waals surface area (Å²) in [5, 5.41) is 2.97. The monoisotopic (exact) mass is 408 g/mol. The van der Waals surface area contributed by atoms with E-state index in [9.17, 15) is 8.78 Å². The molecule has 0 aliphatic carbocycles. The number of fused-ring (bicyclic) bond motifs is 1. The summed E-state index contributed by atoms with van der Waals surface area (Å²) in [4.78, 5) is 16.9. The van der Waals surface area contributed by atoms with Crippen molar-refractivity contribution in [2.45, 2.75) is 40.2 Å². The molecule has 0 atom stereocenters. The van der Waals surface area contributed by atoms with Gasteiger partial charge >= 0.3 is 0 Å². The van der Waals surface area contributed by atoms with Crippen LogP contribution in [0.15, 0.2) is 36.7 Å². The Labute approximate surface area is 173 Å². The fourth-order valence-corrected chi connectivity index (χ4v) is 3.51. The predicted molar refractivity (Wildman–Crippen MR) is 113 cm³/mol. The molecule has 3 heterocycles. The van der Waals surface area contributed by atoms with Crippen LogP contribution in [0.4, 0.5) is 20.5 Å². The molecule has 8 heteroatoms. The average molecular weight is 408 g/mol. The lowest BCUT2D eigenvalue weighted by Gasteiger charge is -2.12. The number of halogens is 2. The minimum absolute atomic E-state index is 0.00707. The van der Waals surface area contributed by atoms with Gasteiger partial charge in [-0.1, -0.05) is 13.0 Å². The molecule has 0 unspecified atom stereocenters. The molecule has 0 saturated heterocycles. The maximum absolute atomic E-state index is 14.8. The number of nitrogens with zero attached hydrogens (tertiary/aromatic N) is 5. The first-order valence-electron chi connectivity index (χ1n) is 9.80.